The molecule has 1 unspecified atom stereocenters. The normalized spacial score (nSPS) is 17.1. The molecule has 0 heterocycles. The van der Waals surface area contributed by atoms with Crippen LogP contribution in [0.25, 0.3) is 0 Å². The molecule has 1 saturated carbocycles. The van der Waals surface area contributed by atoms with Gasteiger partial charge in [0.05, 0.1) is 5.56 Å². The monoisotopic (exact) mass is 299 g/mol. The van der Waals surface area contributed by atoms with Crippen molar-refractivity contribution in [2.75, 3.05) is 0 Å². The zero-order chi connectivity index (χ0) is 15.6. The lowest BCUT2D eigenvalue weighted by Gasteiger charge is -2.26. The van der Waals surface area contributed by atoms with E-state index in [1.165, 1.54) is 31.2 Å². The van der Waals surface area contributed by atoms with Crippen molar-refractivity contribution in [1.29, 1.82) is 0 Å². The molecule has 2 N–H and O–H groups in total. The largest absolute Gasteiger partial charge is 0.480 e. The average molecular weight is 299 g/mol. The number of hydrogen-bond acceptors (Lipinski definition) is 3. The number of carboxylic acids is 1. The molecule has 1 aliphatic rings. The fraction of sp³-hybridized carbons (Fsp3) is 0.429. The number of carbonyl (C=O) groups excluding carboxylic acids is 1. The Labute approximate surface area is 119 Å². The average Bonchev–Trinajstić information content (AvgIpc) is 3.22. The van der Waals surface area contributed by atoms with Crippen LogP contribution in [0.1, 0.15) is 30.1 Å². The zero-order valence-electron chi connectivity index (χ0n) is 11.3. The molecule has 7 heteroatoms. The van der Waals surface area contributed by atoms with E-state index in [-0.39, 0.29) is 17.2 Å². The highest BCUT2D eigenvalue weighted by Crippen LogP contribution is 2.40. The van der Waals surface area contributed by atoms with E-state index in [1.807, 2.05) is 0 Å². The molecule has 1 fully saturated rings. The number of rotatable bonds is 6. The van der Waals surface area contributed by atoms with Crippen molar-refractivity contribution in [3.8, 4) is 5.75 Å². The summed E-state index contributed by atoms with van der Waals surface area (Å²) >= 11 is 0. The third-order valence-electron chi connectivity index (χ3n) is 3.56. The Hall–Kier alpha value is -2.18. The first-order valence-corrected chi connectivity index (χ1v) is 6.44. The molecule has 5 nitrogen and oxygen atoms in total. The van der Waals surface area contributed by atoms with Gasteiger partial charge in [-0.2, -0.15) is 8.78 Å². The number of ether oxygens (including phenoxy) is 1. The van der Waals surface area contributed by atoms with Crippen molar-refractivity contribution < 1.29 is 28.2 Å². The van der Waals surface area contributed by atoms with Crippen molar-refractivity contribution in [3.63, 3.8) is 0 Å². The van der Waals surface area contributed by atoms with Gasteiger partial charge in [-0.1, -0.05) is 12.1 Å². The number of halogens is 2. The number of aliphatic carboxylic acids is 1. The lowest BCUT2D eigenvalue weighted by molar-refractivity contribution is -0.144. The van der Waals surface area contributed by atoms with E-state index >= 15 is 0 Å². The van der Waals surface area contributed by atoms with Crippen LogP contribution in [0.2, 0.25) is 0 Å². The van der Waals surface area contributed by atoms with Gasteiger partial charge in [0.15, 0.2) is 0 Å². The van der Waals surface area contributed by atoms with Gasteiger partial charge in [0.25, 0.3) is 5.91 Å². The van der Waals surface area contributed by atoms with Gasteiger partial charge in [-0.15, -0.1) is 0 Å². The first kappa shape index (κ1) is 15.2. The van der Waals surface area contributed by atoms with Gasteiger partial charge in [0.1, 0.15) is 11.3 Å². The molecule has 0 bridgehead atoms. The quantitative estimate of drug-likeness (QED) is 0.845. The summed E-state index contributed by atoms with van der Waals surface area (Å²) in [5.74, 6) is -2.33. The first-order valence-electron chi connectivity index (χ1n) is 6.44. The maximum absolute atomic E-state index is 12.3. The van der Waals surface area contributed by atoms with Gasteiger partial charge in [-0.05, 0) is 37.8 Å². The standard InChI is InChI=1S/C14H15F2NO4/c1-14(12(19)20,8-6-7-8)17-11(18)9-4-2-3-5-10(9)21-13(15)16/h2-5,8,13H,6-7H2,1H3,(H,17,18)(H,19,20). The van der Waals surface area contributed by atoms with Crippen molar-refractivity contribution in [2.24, 2.45) is 5.92 Å². The number of alkyl halides is 2. The van der Waals surface area contributed by atoms with Crippen molar-refractivity contribution in [2.45, 2.75) is 31.9 Å². The van der Waals surface area contributed by atoms with Crippen LogP contribution in [0, 0.1) is 5.92 Å². The van der Waals surface area contributed by atoms with Crippen LogP contribution in [0.15, 0.2) is 24.3 Å². The summed E-state index contributed by atoms with van der Waals surface area (Å²) in [6.45, 7) is -1.64. The van der Waals surface area contributed by atoms with Gasteiger partial charge >= 0.3 is 12.6 Å². The predicted octanol–water partition coefficient (Wildman–Crippen LogP) is 2.27. The molecule has 0 saturated heterocycles. The highest BCUT2D eigenvalue weighted by Gasteiger charge is 2.48. The third-order valence-corrected chi connectivity index (χ3v) is 3.56. The molecule has 0 radical (unpaired) electrons. The molecule has 1 amide bonds. The van der Waals surface area contributed by atoms with Crippen LogP contribution in [0.4, 0.5) is 8.78 Å². The van der Waals surface area contributed by atoms with Crippen LogP contribution < -0.4 is 10.1 Å². The van der Waals surface area contributed by atoms with Gasteiger partial charge in [-0.3, -0.25) is 4.79 Å². The molecular formula is C14H15F2NO4. The van der Waals surface area contributed by atoms with E-state index in [0.717, 1.165) is 0 Å². The Balaban J connectivity index is 2.22. The van der Waals surface area contributed by atoms with E-state index < -0.39 is 24.0 Å². The third kappa shape index (κ3) is 3.29. The topological polar surface area (TPSA) is 75.6 Å². The second kappa shape index (κ2) is 5.67. The molecule has 21 heavy (non-hydrogen) atoms. The molecule has 0 aromatic heterocycles. The van der Waals surface area contributed by atoms with Crippen molar-refractivity contribution >= 4 is 11.9 Å². The summed E-state index contributed by atoms with van der Waals surface area (Å²) in [5, 5.41) is 11.7. The van der Waals surface area contributed by atoms with E-state index in [1.54, 1.807) is 0 Å². The molecule has 0 spiro atoms. The van der Waals surface area contributed by atoms with Crippen molar-refractivity contribution in [1.82, 2.24) is 5.32 Å². The minimum atomic E-state index is -3.06. The van der Waals surface area contributed by atoms with Crippen LogP contribution >= 0.6 is 0 Å². The van der Waals surface area contributed by atoms with Gasteiger partial charge in [0.2, 0.25) is 0 Å². The van der Waals surface area contributed by atoms with E-state index in [2.05, 4.69) is 10.1 Å². The fourth-order valence-electron chi connectivity index (χ4n) is 2.15. The smallest absolute Gasteiger partial charge is 0.387 e. The second-order valence-electron chi connectivity index (χ2n) is 5.11. The molecule has 1 aromatic carbocycles. The molecule has 1 atom stereocenters. The summed E-state index contributed by atoms with van der Waals surface area (Å²) < 4.78 is 28.9. The van der Waals surface area contributed by atoms with Crippen molar-refractivity contribution in [3.05, 3.63) is 29.8 Å². The Morgan fingerprint density at radius 1 is 1.38 bits per heavy atom. The Morgan fingerprint density at radius 2 is 2.00 bits per heavy atom. The number of carboxylic acid groups (broad SMARTS) is 1. The first-order chi connectivity index (χ1) is 9.84. The Morgan fingerprint density at radius 3 is 2.52 bits per heavy atom. The number of amides is 1. The number of benzene rings is 1. The van der Waals surface area contributed by atoms with E-state index in [9.17, 15) is 23.5 Å². The molecule has 2 rings (SSSR count). The molecule has 0 aliphatic heterocycles. The predicted molar refractivity (Wildman–Crippen MR) is 69.3 cm³/mol. The Bertz CT molecular complexity index is 560. The van der Waals surface area contributed by atoms with E-state index in [4.69, 9.17) is 0 Å². The molecular weight excluding hydrogens is 284 g/mol. The molecule has 1 aromatic rings. The minimum Gasteiger partial charge on any atom is -0.480 e. The van der Waals surface area contributed by atoms with Crippen LogP contribution in [0.5, 0.6) is 5.75 Å². The number of para-hydroxylation sites is 1. The van der Waals surface area contributed by atoms with Crippen LogP contribution in [0.3, 0.4) is 0 Å². The Kier molecular flexibility index (Phi) is 4.11. The van der Waals surface area contributed by atoms with Gasteiger partial charge in [-0.25, -0.2) is 4.79 Å². The lowest BCUT2D eigenvalue weighted by Crippen LogP contribution is -2.54. The van der Waals surface area contributed by atoms with Crippen LogP contribution in [-0.2, 0) is 4.79 Å². The summed E-state index contributed by atoms with van der Waals surface area (Å²) in [6, 6.07) is 5.48. The van der Waals surface area contributed by atoms with Gasteiger partial charge in [0, 0.05) is 0 Å². The van der Waals surface area contributed by atoms with Crippen LogP contribution in [-0.4, -0.2) is 29.1 Å². The number of hydrogen-bond donors (Lipinski definition) is 2. The summed E-state index contributed by atoms with van der Waals surface area (Å²) in [5.41, 5.74) is -1.53. The number of carbonyl (C=O) groups is 2. The lowest BCUT2D eigenvalue weighted by atomic mass is 9.95. The zero-order valence-corrected chi connectivity index (χ0v) is 11.3. The van der Waals surface area contributed by atoms with Gasteiger partial charge < -0.3 is 15.2 Å². The highest BCUT2D eigenvalue weighted by molar-refractivity contribution is 6.00. The maximum Gasteiger partial charge on any atom is 0.387 e. The minimum absolute atomic E-state index is 0.120. The maximum atomic E-state index is 12.3. The second-order valence-corrected chi connectivity index (χ2v) is 5.11. The summed E-state index contributed by atoms with van der Waals surface area (Å²) in [6.07, 6.45) is 1.41. The van der Waals surface area contributed by atoms with E-state index in [0.29, 0.717) is 12.8 Å². The summed E-state index contributed by atoms with van der Waals surface area (Å²) in [7, 11) is 0. The summed E-state index contributed by atoms with van der Waals surface area (Å²) in [4.78, 5) is 23.6. The highest BCUT2D eigenvalue weighted by atomic mass is 19.3. The molecule has 1 aliphatic carbocycles. The SMILES string of the molecule is CC(NC(=O)c1ccccc1OC(F)F)(C(=O)O)C1CC1. The fourth-order valence-corrected chi connectivity index (χ4v) is 2.15. The number of nitrogens with one attached hydrogen (secondary N) is 1. The molecule has 114 valence electrons.